The van der Waals surface area contributed by atoms with E-state index in [4.69, 9.17) is 23.7 Å². The average Bonchev–Trinajstić information content (AvgIpc) is 2.34. The van der Waals surface area contributed by atoms with Gasteiger partial charge in [-0.3, -0.25) is 4.79 Å². The van der Waals surface area contributed by atoms with E-state index in [0.29, 0.717) is 4.99 Å². The number of thioether (sulfide) groups is 1. The zero-order valence-electron chi connectivity index (χ0n) is 11.7. The molecule has 0 bridgehead atoms. The van der Waals surface area contributed by atoms with Crippen molar-refractivity contribution in [3.63, 3.8) is 0 Å². The molecule has 0 heterocycles. The molecule has 4 N–H and O–H groups in total. The Morgan fingerprint density at radius 1 is 1.58 bits per heavy atom. The third-order valence-corrected chi connectivity index (χ3v) is 5.25. The normalized spacial score (nSPS) is 27.7. The Kier molecular flexibility index (Phi) is 5.62. The molecule has 0 radical (unpaired) electrons. The second-order valence-electron chi connectivity index (χ2n) is 4.91. The van der Waals surface area contributed by atoms with Crippen LogP contribution in [0.4, 0.5) is 0 Å². The first kappa shape index (κ1) is 16.2. The fourth-order valence-electron chi connectivity index (χ4n) is 2.88. The van der Waals surface area contributed by atoms with Crippen LogP contribution in [0, 0.1) is 17.3 Å². The monoisotopic (exact) mass is 298 g/mol. The van der Waals surface area contributed by atoms with Gasteiger partial charge in [0.1, 0.15) is 0 Å². The van der Waals surface area contributed by atoms with Gasteiger partial charge in [0.2, 0.25) is 5.91 Å². The van der Waals surface area contributed by atoms with E-state index >= 15 is 0 Å². The quantitative estimate of drug-likeness (QED) is 0.738. The van der Waals surface area contributed by atoms with Gasteiger partial charge in [-0.15, -0.1) is 0 Å². The predicted octanol–water partition coefficient (Wildman–Crippen LogP) is 2.27. The number of carbonyl (C=O) groups is 1. The summed E-state index contributed by atoms with van der Waals surface area (Å²) in [4.78, 5) is 12.6. The molecule has 106 valence electrons. The van der Waals surface area contributed by atoms with Crippen LogP contribution in [-0.2, 0) is 4.79 Å². The topological polar surface area (TPSA) is 69.1 Å². The van der Waals surface area contributed by atoms with E-state index in [-0.39, 0.29) is 17.7 Å². The number of primary amides is 1. The molecule has 3 atom stereocenters. The van der Waals surface area contributed by atoms with Crippen LogP contribution in [0.25, 0.3) is 0 Å². The van der Waals surface area contributed by atoms with Gasteiger partial charge in [0.25, 0.3) is 0 Å². The van der Waals surface area contributed by atoms with Gasteiger partial charge in [-0.05, 0) is 24.3 Å². The maximum absolute atomic E-state index is 12.2. The maximum atomic E-state index is 12.2. The molecule has 1 amide bonds. The van der Waals surface area contributed by atoms with Crippen molar-refractivity contribution < 1.29 is 4.79 Å². The van der Waals surface area contributed by atoms with Crippen LogP contribution in [0.1, 0.15) is 20.8 Å². The fraction of sp³-hybridized carbons (Fsp3) is 0.571. The summed E-state index contributed by atoms with van der Waals surface area (Å²) in [6.45, 7) is 6.09. The summed E-state index contributed by atoms with van der Waals surface area (Å²) in [5.41, 5.74) is 11.8. The molecule has 0 aromatic heterocycles. The zero-order chi connectivity index (χ0) is 14.6. The van der Waals surface area contributed by atoms with Crippen molar-refractivity contribution in [2.75, 3.05) is 11.5 Å². The van der Waals surface area contributed by atoms with Crippen molar-refractivity contribution in [2.24, 2.45) is 28.7 Å². The van der Waals surface area contributed by atoms with E-state index in [0.717, 1.165) is 17.1 Å². The maximum Gasteiger partial charge on any atom is 0.229 e. The Morgan fingerprint density at radius 3 is 2.68 bits per heavy atom. The second kappa shape index (κ2) is 6.57. The van der Waals surface area contributed by atoms with Crippen molar-refractivity contribution in [3.05, 3.63) is 23.8 Å². The third-order valence-electron chi connectivity index (χ3n) is 3.86. The fourth-order valence-corrected chi connectivity index (χ4v) is 3.99. The lowest BCUT2D eigenvalue weighted by Crippen LogP contribution is -2.53. The SMILES string of the molecule is CCSC[C@@H](C)C1(C(N)=O)C(C)=CC=CC1C(N)=S. The molecule has 0 fully saturated rings. The van der Waals surface area contributed by atoms with Crippen LogP contribution in [0.3, 0.4) is 0 Å². The van der Waals surface area contributed by atoms with E-state index in [1.165, 1.54) is 0 Å². The molecule has 1 aliphatic carbocycles. The molecule has 0 aliphatic heterocycles. The number of allylic oxidation sites excluding steroid dienone is 2. The molecular formula is C14H22N2OS2. The van der Waals surface area contributed by atoms with Gasteiger partial charge < -0.3 is 11.5 Å². The van der Waals surface area contributed by atoms with Gasteiger partial charge in [-0.25, -0.2) is 0 Å². The molecule has 0 saturated heterocycles. The van der Waals surface area contributed by atoms with E-state index < -0.39 is 5.41 Å². The summed E-state index contributed by atoms with van der Waals surface area (Å²) >= 11 is 6.95. The molecule has 2 unspecified atom stereocenters. The number of carbonyl (C=O) groups excluding carboxylic acids is 1. The minimum absolute atomic E-state index is 0.0858. The lowest BCUT2D eigenvalue weighted by Gasteiger charge is -2.43. The Labute approximate surface area is 124 Å². The Morgan fingerprint density at radius 2 is 2.21 bits per heavy atom. The van der Waals surface area contributed by atoms with Crippen molar-refractivity contribution in [2.45, 2.75) is 20.8 Å². The van der Waals surface area contributed by atoms with E-state index in [1.807, 2.05) is 25.2 Å². The van der Waals surface area contributed by atoms with Crippen LogP contribution >= 0.6 is 24.0 Å². The first-order valence-corrected chi connectivity index (χ1v) is 7.97. The summed E-state index contributed by atoms with van der Waals surface area (Å²) in [6.07, 6.45) is 5.74. The minimum Gasteiger partial charge on any atom is -0.393 e. The number of hydrogen-bond acceptors (Lipinski definition) is 3. The molecule has 19 heavy (non-hydrogen) atoms. The van der Waals surface area contributed by atoms with Crippen molar-refractivity contribution >= 4 is 34.9 Å². The molecule has 0 aromatic carbocycles. The smallest absolute Gasteiger partial charge is 0.229 e. The van der Waals surface area contributed by atoms with Crippen LogP contribution in [-0.4, -0.2) is 22.4 Å². The summed E-state index contributed by atoms with van der Waals surface area (Å²) in [6, 6.07) is 0. The first-order valence-electron chi connectivity index (χ1n) is 6.41. The van der Waals surface area contributed by atoms with Crippen LogP contribution < -0.4 is 11.5 Å². The number of rotatable bonds is 6. The Balaban J connectivity index is 3.27. The second-order valence-corrected chi connectivity index (χ2v) is 6.70. The lowest BCUT2D eigenvalue weighted by molar-refractivity contribution is -0.128. The zero-order valence-corrected chi connectivity index (χ0v) is 13.3. The van der Waals surface area contributed by atoms with Gasteiger partial charge in [0, 0.05) is 5.92 Å². The largest absolute Gasteiger partial charge is 0.393 e. The summed E-state index contributed by atoms with van der Waals surface area (Å²) in [5, 5.41) is 0. The van der Waals surface area contributed by atoms with Gasteiger partial charge in [-0.2, -0.15) is 11.8 Å². The van der Waals surface area contributed by atoms with Gasteiger partial charge in [0.15, 0.2) is 0 Å². The minimum atomic E-state index is -0.789. The average molecular weight is 298 g/mol. The third kappa shape index (κ3) is 2.87. The molecule has 3 nitrogen and oxygen atoms in total. The van der Waals surface area contributed by atoms with Crippen molar-refractivity contribution in [3.8, 4) is 0 Å². The first-order chi connectivity index (χ1) is 8.88. The van der Waals surface area contributed by atoms with E-state index in [9.17, 15) is 4.79 Å². The summed E-state index contributed by atoms with van der Waals surface area (Å²) in [7, 11) is 0. The van der Waals surface area contributed by atoms with Gasteiger partial charge >= 0.3 is 0 Å². The number of nitrogens with two attached hydrogens (primary N) is 2. The lowest BCUT2D eigenvalue weighted by atomic mass is 9.61. The molecule has 5 heteroatoms. The molecular weight excluding hydrogens is 276 g/mol. The summed E-state index contributed by atoms with van der Waals surface area (Å²) < 4.78 is 0. The summed E-state index contributed by atoms with van der Waals surface area (Å²) in [5.74, 6) is 1.32. The van der Waals surface area contributed by atoms with E-state index in [2.05, 4.69) is 13.8 Å². The Hall–Kier alpha value is -0.810. The standard InChI is InChI=1S/C14H22N2OS2/c1-4-19-8-10(3)14(13(16)17)9(2)6-5-7-11(14)12(15)18/h5-7,10-11H,4,8H2,1-3H3,(H2,15,18)(H2,16,17)/t10-,11?,14?/m1/s1. The van der Waals surface area contributed by atoms with Crippen LogP contribution in [0.15, 0.2) is 23.8 Å². The van der Waals surface area contributed by atoms with Gasteiger partial charge in [-0.1, -0.05) is 49.9 Å². The van der Waals surface area contributed by atoms with Crippen LogP contribution in [0.2, 0.25) is 0 Å². The predicted molar refractivity (Wildman–Crippen MR) is 87.0 cm³/mol. The highest BCUT2D eigenvalue weighted by molar-refractivity contribution is 7.99. The molecule has 0 aromatic rings. The molecule has 1 aliphatic rings. The highest BCUT2D eigenvalue weighted by atomic mass is 32.2. The van der Waals surface area contributed by atoms with Crippen molar-refractivity contribution in [1.29, 1.82) is 0 Å². The van der Waals surface area contributed by atoms with Crippen molar-refractivity contribution in [1.82, 2.24) is 0 Å². The molecule has 1 rings (SSSR count). The van der Waals surface area contributed by atoms with Crippen LogP contribution in [0.5, 0.6) is 0 Å². The van der Waals surface area contributed by atoms with E-state index in [1.54, 1.807) is 11.8 Å². The molecule has 0 saturated carbocycles. The number of hydrogen-bond donors (Lipinski definition) is 2. The highest BCUT2D eigenvalue weighted by Crippen LogP contribution is 2.46. The number of amides is 1. The van der Waals surface area contributed by atoms with Gasteiger partial charge in [0.05, 0.1) is 10.4 Å². The number of thiocarbonyl (C=S) groups is 1. The molecule has 0 spiro atoms. The Bertz CT molecular complexity index is 431. The highest BCUT2D eigenvalue weighted by Gasteiger charge is 2.50.